The predicted octanol–water partition coefficient (Wildman–Crippen LogP) is 2.61. The molecule has 0 aromatic heterocycles. The first-order valence-electron chi connectivity index (χ1n) is 6.46. The highest BCUT2D eigenvalue weighted by Gasteiger charge is 2.19. The van der Waals surface area contributed by atoms with E-state index < -0.39 is 0 Å². The van der Waals surface area contributed by atoms with Gasteiger partial charge in [0.2, 0.25) is 6.79 Å². The molecular formula is C14H17N3O2S. The number of hydrogen-bond acceptors (Lipinski definition) is 5. The molecule has 20 heavy (non-hydrogen) atoms. The molecule has 2 heterocycles. The second-order valence-electron chi connectivity index (χ2n) is 5.61. The minimum absolute atomic E-state index is 0.0961. The second-order valence-corrected chi connectivity index (χ2v) is 6.58. The number of hydrazone groups is 1. The maximum atomic E-state index is 5.39. The fraction of sp³-hybridized carbons (Fsp3) is 0.429. The van der Waals surface area contributed by atoms with E-state index >= 15 is 0 Å². The molecule has 1 aromatic rings. The Bertz CT molecular complexity index is 591. The van der Waals surface area contributed by atoms with Crippen LogP contribution in [0, 0.1) is 0 Å². The average molecular weight is 291 g/mol. The van der Waals surface area contributed by atoms with Gasteiger partial charge in [0, 0.05) is 11.3 Å². The van der Waals surface area contributed by atoms with E-state index in [1.165, 1.54) is 0 Å². The summed E-state index contributed by atoms with van der Waals surface area (Å²) in [6, 6.07) is 5.89. The summed E-state index contributed by atoms with van der Waals surface area (Å²) in [6.07, 6.45) is 0. The normalized spacial score (nSPS) is 19.8. The van der Waals surface area contributed by atoms with Crippen LogP contribution >= 0.6 is 11.8 Å². The lowest BCUT2D eigenvalue weighted by molar-refractivity contribution is 0.174. The van der Waals surface area contributed by atoms with Crippen molar-refractivity contribution in [3.05, 3.63) is 23.8 Å². The third kappa shape index (κ3) is 2.90. The van der Waals surface area contributed by atoms with E-state index in [2.05, 4.69) is 36.3 Å². The largest absolute Gasteiger partial charge is 0.454 e. The van der Waals surface area contributed by atoms with E-state index in [1.807, 2.05) is 18.2 Å². The molecule has 0 unspecified atom stereocenters. The van der Waals surface area contributed by atoms with Crippen molar-refractivity contribution in [1.29, 1.82) is 0 Å². The first-order valence-corrected chi connectivity index (χ1v) is 7.45. The summed E-state index contributed by atoms with van der Waals surface area (Å²) < 4.78 is 10.7. The van der Waals surface area contributed by atoms with E-state index in [0.717, 1.165) is 33.7 Å². The highest BCUT2D eigenvalue weighted by atomic mass is 32.2. The van der Waals surface area contributed by atoms with Gasteiger partial charge in [0.05, 0.1) is 11.3 Å². The topological polar surface area (TPSA) is 55.2 Å². The van der Waals surface area contributed by atoms with Crippen molar-refractivity contribution >= 4 is 22.6 Å². The van der Waals surface area contributed by atoms with Crippen LogP contribution in [0.25, 0.3) is 0 Å². The number of hydrogen-bond donors (Lipinski definition) is 1. The molecular weight excluding hydrogens is 274 g/mol. The van der Waals surface area contributed by atoms with Gasteiger partial charge >= 0.3 is 0 Å². The molecule has 0 amide bonds. The van der Waals surface area contributed by atoms with Gasteiger partial charge in [-0.05, 0) is 39.0 Å². The van der Waals surface area contributed by atoms with Crippen molar-refractivity contribution in [2.75, 3.05) is 12.5 Å². The molecule has 5 nitrogen and oxygen atoms in total. The van der Waals surface area contributed by atoms with Crippen LogP contribution < -0.4 is 14.9 Å². The molecule has 0 atom stereocenters. The number of ether oxygens (including phenoxy) is 2. The minimum atomic E-state index is -0.0961. The highest BCUT2D eigenvalue weighted by molar-refractivity contribution is 8.14. The van der Waals surface area contributed by atoms with E-state index in [-0.39, 0.29) is 5.54 Å². The number of amidine groups is 1. The summed E-state index contributed by atoms with van der Waals surface area (Å²) in [6.45, 7) is 6.50. The molecule has 2 aliphatic rings. The molecule has 0 bridgehead atoms. The molecule has 0 aliphatic carbocycles. The van der Waals surface area contributed by atoms with Crippen molar-refractivity contribution in [2.45, 2.75) is 26.3 Å². The number of nitrogens with zero attached hydrogens (tertiary/aromatic N) is 2. The Morgan fingerprint density at radius 2 is 2.05 bits per heavy atom. The van der Waals surface area contributed by atoms with Crippen molar-refractivity contribution in [3.8, 4) is 11.5 Å². The minimum Gasteiger partial charge on any atom is -0.454 e. The van der Waals surface area contributed by atoms with Crippen LogP contribution in [0.15, 0.2) is 28.3 Å². The van der Waals surface area contributed by atoms with E-state index in [4.69, 9.17) is 9.47 Å². The monoisotopic (exact) mass is 291 g/mol. The van der Waals surface area contributed by atoms with Gasteiger partial charge in [0.25, 0.3) is 0 Å². The molecule has 0 saturated heterocycles. The Morgan fingerprint density at radius 3 is 2.75 bits per heavy atom. The Labute approximate surface area is 122 Å². The van der Waals surface area contributed by atoms with Crippen LogP contribution in [0.5, 0.6) is 11.5 Å². The average Bonchev–Trinajstić information content (AvgIpc) is 2.85. The van der Waals surface area contributed by atoms with Crippen molar-refractivity contribution in [1.82, 2.24) is 5.43 Å². The third-order valence-electron chi connectivity index (χ3n) is 2.77. The smallest absolute Gasteiger partial charge is 0.231 e. The van der Waals surface area contributed by atoms with Crippen LogP contribution in [0.2, 0.25) is 0 Å². The van der Waals surface area contributed by atoms with E-state index in [0.29, 0.717) is 6.79 Å². The van der Waals surface area contributed by atoms with Crippen LogP contribution in [0.1, 0.15) is 26.3 Å². The molecule has 1 N–H and O–H groups in total. The van der Waals surface area contributed by atoms with Gasteiger partial charge < -0.3 is 9.47 Å². The maximum absolute atomic E-state index is 5.39. The van der Waals surface area contributed by atoms with E-state index in [1.54, 1.807) is 11.8 Å². The number of rotatable bonds is 1. The van der Waals surface area contributed by atoms with Crippen LogP contribution in [0.3, 0.4) is 0 Å². The highest BCUT2D eigenvalue weighted by Crippen LogP contribution is 2.33. The molecule has 0 spiro atoms. The Morgan fingerprint density at radius 1 is 1.25 bits per heavy atom. The summed E-state index contributed by atoms with van der Waals surface area (Å²) in [7, 11) is 0. The van der Waals surface area contributed by atoms with Gasteiger partial charge in [-0.1, -0.05) is 11.8 Å². The molecule has 6 heteroatoms. The second kappa shape index (κ2) is 5.01. The van der Waals surface area contributed by atoms with Gasteiger partial charge in [-0.3, -0.25) is 10.4 Å². The summed E-state index contributed by atoms with van der Waals surface area (Å²) in [4.78, 5) is 4.57. The van der Waals surface area contributed by atoms with Crippen LogP contribution in [-0.2, 0) is 0 Å². The quantitative estimate of drug-likeness (QED) is 0.864. The number of benzene rings is 1. The Hall–Kier alpha value is -1.69. The molecule has 106 valence electrons. The molecule has 2 aliphatic heterocycles. The molecule has 3 rings (SSSR count). The number of nitrogens with one attached hydrogen (secondary N) is 1. The number of fused-ring (bicyclic) bond motifs is 1. The van der Waals surface area contributed by atoms with Gasteiger partial charge in [-0.2, -0.15) is 5.10 Å². The number of aliphatic imine (C=N–C) groups is 1. The van der Waals surface area contributed by atoms with Gasteiger partial charge in [-0.15, -0.1) is 0 Å². The van der Waals surface area contributed by atoms with E-state index in [9.17, 15) is 0 Å². The van der Waals surface area contributed by atoms with Gasteiger partial charge in [0.15, 0.2) is 16.7 Å². The standard InChI is InChI=1S/C14H17N3O2S/c1-14(2,3)15-13-17-16-10(7-20-13)9-4-5-11-12(6-9)19-8-18-11/h4-6H,7-8H2,1-3H3,(H,15,17). The van der Waals surface area contributed by atoms with Gasteiger partial charge in [-0.25, -0.2) is 0 Å². The Balaban J connectivity index is 1.78. The van der Waals surface area contributed by atoms with Crippen LogP contribution in [0.4, 0.5) is 0 Å². The van der Waals surface area contributed by atoms with Crippen LogP contribution in [-0.4, -0.2) is 29.0 Å². The maximum Gasteiger partial charge on any atom is 0.231 e. The summed E-state index contributed by atoms with van der Waals surface area (Å²) >= 11 is 1.66. The summed E-state index contributed by atoms with van der Waals surface area (Å²) in [5.74, 6) is 2.37. The zero-order chi connectivity index (χ0) is 14.2. The lowest BCUT2D eigenvalue weighted by atomic mass is 10.1. The molecule has 0 radical (unpaired) electrons. The lowest BCUT2D eigenvalue weighted by Gasteiger charge is -2.19. The zero-order valence-corrected chi connectivity index (χ0v) is 12.6. The predicted molar refractivity (Wildman–Crippen MR) is 81.9 cm³/mol. The SMILES string of the molecule is CC(C)(C)N=C1NN=C(c2ccc3c(c2)OCO3)CS1. The van der Waals surface area contributed by atoms with Crippen molar-refractivity contribution in [3.63, 3.8) is 0 Å². The first kappa shape index (κ1) is 13.3. The third-order valence-corrected chi connectivity index (χ3v) is 3.65. The fourth-order valence-electron chi connectivity index (χ4n) is 1.90. The summed E-state index contributed by atoms with van der Waals surface area (Å²) in [5.41, 5.74) is 4.96. The Kier molecular flexibility index (Phi) is 3.33. The van der Waals surface area contributed by atoms with Crippen molar-refractivity contribution in [2.24, 2.45) is 10.1 Å². The van der Waals surface area contributed by atoms with Crippen molar-refractivity contribution < 1.29 is 9.47 Å². The first-order chi connectivity index (χ1) is 9.51. The lowest BCUT2D eigenvalue weighted by Crippen LogP contribution is -2.28. The summed E-state index contributed by atoms with van der Waals surface area (Å²) in [5, 5.41) is 5.27. The molecule has 0 saturated carbocycles. The molecule has 0 fully saturated rings. The number of thioether (sulfide) groups is 1. The van der Waals surface area contributed by atoms with Gasteiger partial charge in [0.1, 0.15) is 0 Å². The fourth-order valence-corrected chi connectivity index (χ4v) is 2.86. The zero-order valence-electron chi connectivity index (χ0n) is 11.8. The molecule has 1 aromatic carbocycles.